The summed E-state index contributed by atoms with van der Waals surface area (Å²) in [7, 11) is 0. The van der Waals surface area contributed by atoms with E-state index in [2.05, 4.69) is 40.1 Å². The predicted octanol–water partition coefficient (Wildman–Crippen LogP) is 4.42. The molecule has 0 amide bonds. The van der Waals surface area contributed by atoms with Crippen molar-refractivity contribution in [3.63, 3.8) is 0 Å². The van der Waals surface area contributed by atoms with Crippen LogP contribution in [0.15, 0.2) is 33.3 Å². The van der Waals surface area contributed by atoms with Crippen LogP contribution in [-0.2, 0) is 6.42 Å². The molecular weight excluding hydrogens is 335 g/mol. The molecule has 21 heavy (non-hydrogen) atoms. The smallest absolute Gasteiger partial charge is 0.194 e. The first kappa shape index (κ1) is 16.2. The normalized spacial score (nSPS) is 11.3. The topological polar surface area (TPSA) is 38.1 Å². The lowest BCUT2D eigenvalue weighted by Crippen LogP contribution is -2.21. The molecule has 0 saturated heterocycles. The second-order valence-electron chi connectivity index (χ2n) is 5.42. The summed E-state index contributed by atoms with van der Waals surface area (Å²) in [6.45, 7) is 6.31. The van der Waals surface area contributed by atoms with Gasteiger partial charge in [0.05, 0.1) is 16.2 Å². The van der Waals surface area contributed by atoms with E-state index in [9.17, 15) is 4.39 Å². The highest BCUT2D eigenvalue weighted by Crippen LogP contribution is 2.28. The van der Waals surface area contributed by atoms with Gasteiger partial charge in [-0.15, -0.1) is 0 Å². The van der Waals surface area contributed by atoms with Crippen molar-refractivity contribution in [2.75, 3.05) is 13.1 Å². The molecule has 1 N–H and O–H groups in total. The SMILES string of the molecule is CC(C)CNCCCc1ncc(-c2cccc(Br)c2F)o1. The number of hydrogen-bond acceptors (Lipinski definition) is 3. The Balaban J connectivity index is 1.91. The zero-order valence-electron chi connectivity index (χ0n) is 12.3. The van der Waals surface area contributed by atoms with Gasteiger partial charge in [-0.1, -0.05) is 19.9 Å². The van der Waals surface area contributed by atoms with Gasteiger partial charge >= 0.3 is 0 Å². The summed E-state index contributed by atoms with van der Waals surface area (Å²) in [5, 5.41) is 3.37. The summed E-state index contributed by atoms with van der Waals surface area (Å²) in [4.78, 5) is 4.22. The molecule has 0 saturated carbocycles. The third-order valence-electron chi connectivity index (χ3n) is 3.07. The second kappa shape index (κ2) is 7.71. The van der Waals surface area contributed by atoms with Gasteiger partial charge in [-0.3, -0.25) is 0 Å². The van der Waals surface area contributed by atoms with E-state index in [0.717, 1.165) is 25.9 Å². The van der Waals surface area contributed by atoms with Gasteiger partial charge in [0.1, 0.15) is 5.82 Å². The molecule has 2 rings (SSSR count). The molecule has 2 aromatic rings. The van der Waals surface area contributed by atoms with Crippen LogP contribution < -0.4 is 5.32 Å². The third kappa shape index (κ3) is 4.64. The standard InChI is InChI=1S/C16H20BrFN2O/c1-11(2)9-19-8-4-7-15-20-10-14(21-15)12-5-3-6-13(17)16(12)18/h3,5-6,10-11,19H,4,7-9H2,1-2H3. The predicted molar refractivity (Wildman–Crippen MR) is 85.6 cm³/mol. The van der Waals surface area contributed by atoms with E-state index in [-0.39, 0.29) is 5.82 Å². The first-order valence-corrected chi connectivity index (χ1v) is 7.97. The largest absolute Gasteiger partial charge is 0.441 e. The Kier molecular flexibility index (Phi) is 5.94. The molecule has 1 heterocycles. The van der Waals surface area contributed by atoms with Crippen molar-refractivity contribution < 1.29 is 8.81 Å². The highest BCUT2D eigenvalue weighted by molar-refractivity contribution is 9.10. The Morgan fingerprint density at radius 3 is 2.95 bits per heavy atom. The van der Waals surface area contributed by atoms with Gasteiger partial charge < -0.3 is 9.73 Å². The van der Waals surface area contributed by atoms with Crippen LogP contribution in [0.5, 0.6) is 0 Å². The maximum atomic E-state index is 14.0. The summed E-state index contributed by atoms with van der Waals surface area (Å²) >= 11 is 3.18. The van der Waals surface area contributed by atoms with Crippen LogP contribution in [0.2, 0.25) is 0 Å². The molecule has 0 fully saturated rings. The molecule has 1 aromatic heterocycles. The van der Waals surface area contributed by atoms with Gasteiger partial charge in [-0.05, 0) is 53.5 Å². The van der Waals surface area contributed by atoms with E-state index >= 15 is 0 Å². The molecule has 0 aliphatic carbocycles. The van der Waals surface area contributed by atoms with Crippen LogP contribution in [0, 0.1) is 11.7 Å². The quantitative estimate of drug-likeness (QED) is 0.747. The maximum absolute atomic E-state index is 14.0. The van der Waals surface area contributed by atoms with E-state index in [1.54, 1.807) is 24.4 Å². The number of nitrogens with zero attached hydrogens (tertiary/aromatic N) is 1. The fourth-order valence-electron chi connectivity index (χ4n) is 2.00. The molecule has 1 aromatic carbocycles. The van der Waals surface area contributed by atoms with Crippen LogP contribution in [0.4, 0.5) is 4.39 Å². The van der Waals surface area contributed by atoms with E-state index in [1.165, 1.54) is 0 Å². The highest BCUT2D eigenvalue weighted by atomic mass is 79.9. The maximum Gasteiger partial charge on any atom is 0.194 e. The Bertz CT molecular complexity index is 583. The first-order valence-electron chi connectivity index (χ1n) is 7.17. The fourth-order valence-corrected chi connectivity index (χ4v) is 2.37. The molecule has 114 valence electrons. The lowest BCUT2D eigenvalue weighted by atomic mass is 10.2. The van der Waals surface area contributed by atoms with Crippen molar-refractivity contribution in [1.82, 2.24) is 10.3 Å². The Hall–Kier alpha value is -1.20. The molecule has 0 aliphatic heterocycles. The average Bonchev–Trinajstić information content (AvgIpc) is 2.90. The van der Waals surface area contributed by atoms with E-state index in [0.29, 0.717) is 27.6 Å². The lowest BCUT2D eigenvalue weighted by molar-refractivity contribution is 0.481. The fraction of sp³-hybridized carbons (Fsp3) is 0.438. The van der Waals surface area contributed by atoms with Crippen molar-refractivity contribution in [3.05, 3.63) is 40.6 Å². The molecule has 0 unspecified atom stereocenters. The molecular formula is C16H20BrFN2O. The van der Waals surface area contributed by atoms with Gasteiger partial charge in [0.2, 0.25) is 0 Å². The summed E-state index contributed by atoms with van der Waals surface area (Å²) in [6, 6.07) is 5.13. The molecule has 0 spiro atoms. The van der Waals surface area contributed by atoms with Crippen molar-refractivity contribution >= 4 is 15.9 Å². The molecule has 0 radical (unpaired) electrons. The molecule has 0 aliphatic rings. The Morgan fingerprint density at radius 1 is 1.38 bits per heavy atom. The number of nitrogens with one attached hydrogen (secondary N) is 1. The van der Waals surface area contributed by atoms with Crippen LogP contribution in [0.3, 0.4) is 0 Å². The number of halogens is 2. The van der Waals surface area contributed by atoms with E-state index in [4.69, 9.17) is 4.42 Å². The van der Waals surface area contributed by atoms with Crippen LogP contribution in [0.25, 0.3) is 11.3 Å². The molecule has 3 nitrogen and oxygen atoms in total. The number of oxazole rings is 1. The zero-order valence-corrected chi connectivity index (χ0v) is 13.9. The van der Waals surface area contributed by atoms with Gasteiger partial charge in [0.25, 0.3) is 0 Å². The molecule has 0 bridgehead atoms. The summed E-state index contributed by atoms with van der Waals surface area (Å²) in [5.74, 6) is 1.45. The van der Waals surface area contributed by atoms with Gasteiger partial charge in [0.15, 0.2) is 11.7 Å². The average molecular weight is 355 g/mol. The monoisotopic (exact) mass is 354 g/mol. The van der Waals surface area contributed by atoms with Crippen LogP contribution in [0.1, 0.15) is 26.2 Å². The summed E-state index contributed by atoms with van der Waals surface area (Å²) in [6.07, 6.45) is 3.29. The van der Waals surface area contributed by atoms with E-state index < -0.39 is 0 Å². The third-order valence-corrected chi connectivity index (χ3v) is 3.68. The molecule has 0 atom stereocenters. The van der Waals surface area contributed by atoms with Gasteiger partial charge in [0, 0.05) is 6.42 Å². The van der Waals surface area contributed by atoms with Crippen molar-refractivity contribution in [3.8, 4) is 11.3 Å². The lowest BCUT2D eigenvalue weighted by Gasteiger charge is -2.05. The summed E-state index contributed by atoms with van der Waals surface area (Å²) in [5.41, 5.74) is 0.432. The van der Waals surface area contributed by atoms with Gasteiger partial charge in [-0.25, -0.2) is 9.37 Å². The number of benzene rings is 1. The van der Waals surface area contributed by atoms with Crippen molar-refractivity contribution in [1.29, 1.82) is 0 Å². The first-order chi connectivity index (χ1) is 10.1. The number of aromatic nitrogens is 1. The second-order valence-corrected chi connectivity index (χ2v) is 6.28. The van der Waals surface area contributed by atoms with Crippen LogP contribution >= 0.6 is 15.9 Å². The molecule has 5 heteroatoms. The minimum atomic E-state index is -0.321. The Morgan fingerprint density at radius 2 is 2.19 bits per heavy atom. The van der Waals surface area contributed by atoms with Crippen molar-refractivity contribution in [2.24, 2.45) is 5.92 Å². The number of aryl methyl sites for hydroxylation is 1. The Labute approximate surface area is 133 Å². The minimum absolute atomic E-state index is 0.321. The zero-order chi connectivity index (χ0) is 15.2. The number of rotatable bonds is 7. The highest BCUT2D eigenvalue weighted by Gasteiger charge is 2.12. The van der Waals surface area contributed by atoms with Gasteiger partial charge in [-0.2, -0.15) is 0 Å². The summed E-state index contributed by atoms with van der Waals surface area (Å²) < 4.78 is 20.0. The number of hydrogen-bond donors (Lipinski definition) is 1. The van der Waals surface area contributed by atoms with Crippen LogP contribution in [-0.4, -0.2) is 18.1 Å². The van der Waals surface area contributed by atoms with E-state index in [1.807, 2.05) is 0 Å². The minimum Gasteiger partial charge on any atom is -0.441 e. The van der Waals surface area contributed by atoms with Crippen molar-refractivity contribution in [2.45, 2.75) is 26.7 Å².